The lowest BCUT2D eigenvalue weighted by molar-refractivity contribution is -0.0340. The third-order valence-corrected chi connectivity index (χ3v) is 3.51. The number of hydrogen-bond donors (Lipinski definition) is 1. The third kappa shape index (κ3) is 4.96. The molecule has 0 fully saturated rings. The topological polar surface area (TPSA) is 21.3 Å². The monoisotopic (exact) mass is 263 g/mol. The first-order valence-corrected chi connectivity index (χ1v) is 7.23. The van der Waals surface area contributed by atoms with Crippen molar-refractivity contribution in [1.82, 2.24) is 5.32 Å². The summed E-state index contributed by atoms with van der Waals surface area (Å²) in [5.41, 5.74) is 2.80. The fourth-order valence-electron chi connectivity index (χ4n) is 2.49. The molecule has 0 aliphatic carbocycles. The van der Waals surface area contributed by atoms with Gasteiger partial charge in [0, 0.05) is 12.6 Å². The van der Waals surface area contributed by atoms with E-state index in [1.807, 2.05) is 7.05 Å². The van der Waals surface area contributed by atoms with Gasteiger partial charge in [-0.3, -0.25) is 0 Å². The number of rotatable bonds is 6. The van der Waals surface area contributed by atoms with Crippen molar-refractivity contribution >= 4 is 0 Å². The first-order chi connectivity index (χ1) is 8.88. The van der Waals surface area contributed by atoms with E-state index in [4.69, 9.17) is 4.74 Å². The van der Waals surface area contributed by atoms with Gasteiger partial charge >= 0.3 is 0 Å². The van der Waals surface area contributed by atoms with E-state index in [2.05, 4.69) is 64.2 Å². The maximum absolute atomic E-state index is 5.99. The molecule has 108 valence electrons. The van der Waals surface area contributed by atoms with Crippen molar-refractivity contribution in [1.29, 1.82) is 0 Å². The summed E-state index contributed by atoms with van der Waals surface area (Å²) in [5, 5.41) is 3.43. The van der Waals surface area contributed by atoms with E-state index in [0.717, 1.165) is 13.0 Å². The predicted molar refractivity (Wildman–Crippen MR) is 82.6 cm³/mol. The minimum atomic E-state index is 0.133. The van der Waals surface area contributed by atoms with E-state index in [9.17, 15) is 0 Å². The van der Waals surface area contributed by atoms with Crippen LogP contribution in [-0.2, 0) is 11.2 Å². The lowest BCUT2D eigenvalue weighted by Gasteiger charge is -2.36. The Balaban J connectivity index is 2.82. The molecule has 19 heavy (non-hydrogen) atoms. The Hall–Kier alpha value is -0.860. The van der Waals surface area contributed by atoms with Gasteiger partial charge < -0.3 is 10.1 Å². The molecule has 2 nitrogen and oxygen atoms in total. The van der Waals surface area contributed by atoms with Gasteiger partial charge in [-0.15, -0.1) is 0 Å². The predicted octanol–water partition coefficient (Wildman–Crippen LogP) is 3.58. The van der Waals surface area contributed by atoms with Gasteiger partial charge in [-0.05, 0) is 38.3 Å². The smallest absolute Gasteiger partial charge is 0.0779 e. The Labute approximate surface area is 118 Å². The Morgan fingerprint density at radius 3 is 2.16 bits per heavy atom. The van der Waals surface area contributed by atoms with E-state index in [-0.39, 0.29) is 11.5 Å². The van der Waals surface area contributed by atoms with Gasteiger partial charge in [0.1, 0.15) is 0 Å². The van der Waals surface area contributed by atoms with Crippen LogP contribution in [0.4, 0.5) is 0 Å². The van der Waals surface area contributed by atoms with Crippen LogP contribution in [0.25, 0.3) is 0 Å². The Kier molecular flexibility index (Phi) is 6.02. The summed E-state index contributed by atoms with van der Waals surface area (Å²) in [5.74, 6) is 0. The van der Waals surface area contributed by atoms with E-state index in [1.165, 1.54) is 11.1 Å². The Morgan fingerprint density at radius 1 is 1.16 bits per heavy atom. The molecule has 0 heterocycles. The van der Waals surface area contributed by atoms with Crippen molar-refractivity contribution in [2.75, 3.05) is 13.7 Å². The van der Waals surface area contributed by atoms with Gasteiger partial charge in [-0.1, -0.05) is 50.6 Å². The lowest BCUT2D eigenvalue weighted by atomic mass is 9.82. The number of likely N-dealkylation sites (N-methyl/N-ethyl adjacent to an activating group) is 1. The average Bonchev–Trinajstić information content (AvgIpc) is 2.34. The Bertz CT molecular complexity index is 364. The second-order valence-electron chi connectivity index (χ2n) is 6.33. The molecule has 2 unspecified atom stereocenters. The summed E-state index contributed by atoms with van der Waals surface area (Å²) in [6.07, 6.45) is 1.21. The van der Waals surface area contributed by atoms with Gasteiger partial charge in [0.2, 0.25) is 0 Å². The molecule has 0 bridgehead atoms. The molecule has 1 aromatic rings. The first-order valence-electron chi connectivity index (χ1n) is 7.23. The van der Waals surface area contributed by atoms with Crippen LogP contribution in [0.2, 0.25) is 0 Å². The maximum atomic E-state index is 5.99. The highest BCUT2D eigenvalue weighted by molar-refractivity contribution is 5.22. The van der Waals surface area contributed by atoms with Crippen LogP contribution in [0.5, 0.6) is 0 Å². The van der Waals surface area contributed by atoms with Crippen molar-refractivity contribution in [3.63, 3.8) is 0 Å². The molecule has 0 aliphatic rings. The van der Waals surface area contributed by atoms with Crippen molar-refractivity contribution in [3.8, 4) is 0 Å². The summed E-state index contributed by atoms with van der Waals surface area (Å²) >= 11 is 0. The van der Waals surface area contributed by atoms with Crippen LogP contribution in [-0.4, -0.2) is 25.8 Å². The molecule has 1 aromatic carbocycles. The highest BCUT2D eigenvalue weighted by Gasteiger charge is 2.32. The highest BCUT2D eigenvalue weighted by Crippen LogP contribution is 2.26. The van der Waals surface area contributed by atoms with Crippen molar-refractivity contribution in [2.24, 2.45) is 5.41 Å². The normalized spacial score (nSPS) is 15.3. The standard InChI is InChI=1S/C17H29NO/c1-7-19-16(17(3,4)5)15(18-6)12-14-10-8-13(2)9-11-14/h8-11,15-16,18H,7,12H2,1-6H3. The third-order valence-electron chi connectivity index (χ3n) is 3.51. The van der Waals surface area contributed by atoms with Gasteiger partial charge in [-0.25, -0.2) is 0 Å². The van der Waals surface area contributed by atoms with E-state index in [1.54, 1.807) is 0 Å². The molecular weight excluding hydrogens is 234 g/mol. The molecular formula is C17H29NO. The van der Waals surface area contributed by atoms with E-state index >= 15 is 0 Å². The minimum Gasteiger partial charge on any atom is -0.376 e. The second kappa shape index (κ2) is 7.06. The molecule has 2 heteroatoms. The maximum Gasteiger partial charge on any atom is 0.0779 e. The molecule has 2 atom stereocenters. The molecule has 0 aromatic heterocycles. The number of aryl methyl sites for hydroxylation is 1. The zero-order chi connectivity index (χ0) is 14.5. The van der Waals surface area contributed by atoms with Gasteiger partial charge in [0.05, 0.1) is 6.10 Å². The van der Waals surface area contributed by atoms with Crippen LogP contribution in [0.15, 0.2) is 24.3 Å². The van der Waals surface area contributed by atoms with Crippen LogP contribution in [0.3, 0.4) is 0 Å². The zero-order valence-electron chi connectivity index (χ0n) is 13.3. The van der Waals surface area contributed by atoms with Gasteiger partial charge in [0.25, 0.3) is 0 Å². The fourth-order valence-corrected chi connectivity index (χ4v) is 2.49. The fraction of sp³-hybridized carbons (Fsp3) is 0.647. The first kappa shape index (κ1) is 16.2. The minimum absolute atomic E-state index is 0.133. The summed E-state index contributed by atoms with van der Waals surface area (Å²) in [7, 11) is 2.02. The van der Waals surface area contributed by atoms with E-state index < -0.39 is 0 Å². The van der Waals surface area contributed by atoms with Gasteiger partial charge in [-0.2, -0.15) is 0 Å². The van der Waals surface area contributed by atoms with Crippen molar-refractivity contribution in [3.05, 3.63) is 35.4 Å². The molecule has 1 rings (SSSR count). The molecule has 0 saturated heterocycles. The van der Waals surface area contributed by atoms with Crippen LogP contribution in [0, 0.1) is 12.3 Å². The quantitative estimate of drug-likeness (QED) is 0.847. The average molecular weight is 263 g/mol. The number of hydrogen-bond acceptors (Lipinski definition) is 2. The summed E-state index contributed by atoms with van der Waals surface area (Å²) in [4.78, 5) is 0. The molecule has 0 spiro atoms. The second-order valence-corrected chi connectivity index (χ2v) is 6.33. The summed E-state index contributed by atoms with van der Waals surface area (Å²) < 4.78 is 5.99. The molecule has 0 aliphatic heterocycles. The number of ether oxygens (including phenoxy) is 1. The van der Waals surface area contributed by atoms with Gasteiger partial charge in [0.15, 0.2) is 0 Å². The van der Waals surface area contributed by atoms with Crippen LogP contribution in [0.1, 0.15) is 38.8 Å². The Morgan fingerprint density at radius 2 is 1.74 bits per heavy atom. The molecule has 0 radical (unpaired) electrons. The van der Waals surface area contributed by atoms with Crippen LogP contribution < -0.4 is 5.32 Å². The largest absolute Gasteiger partial charge is 0.376 e. The van der Waals surface area contributed by atoms with Crippen LogP contribution >= 0.6 is 0 Å². The van der Waals surface area contributed by atoms with E-state index in [0.29, 0.717) is 6.04 Å². The molecule has 0 saturated carbocycles. The van der Waals surface area contributed by atoms with Crippen molar-refractivity contribution < 1.29 is 4.74 Å². The lowest BCUT2D eigenvalue weighted by Crippen LogP contribution is -2.48. The summed E-state index contributed by atoms with van der Waals surface area (Å²) in [6.45, 7) is 11.7. The number of benzene rings is 1. The highest BCUT2D eigenvalue weighted by atomic mass is 16.5. The number of nitrogens with one attached hydrogen (secondary N) is 1. The molecule has 1 N–H and O–H groups in total. The zero-order valence-corrected chi connectivity index (χ0v) is 13.3. The molecule has 0 amide bonds. The summed E-state index contributed by atoms with van der Waals surface area (Å²) in [6, 6.07) is 9.11. The van der Waals surface area contributed by atoms with Crippen molar-refractivity contribution in [2.45, 2.75) is 53.2 Å². The SMILES string of the molecule is CCOC(C(Cc1ccc(C)cc1)NC)C(C)(C)C.